The lowest BCUT2D eigenvalue weighted by atomic mass is 9.94. The van der Waals surface area contributed by atoms with Crippen molar-refractivity contribution in [2.45, 2.75) is 39.2 Å². The zero-order valence-electron chi connectivity index (χ0n) is 12.6. The van der Waals surface area contributed by atoms with Gasteiger partial charge in [-0.1, -0.05) is 13.8 Å². The molecule has 3 saturated heterocycles. The maximum Gasteiger partial charge on any atom is 0.282 e. The van der Waals surface area contributed by atoms with E-state index in [0.29, 0.717) is 50.0 Å². The highest BCUT2D eigenvalue weighted by Gasteiger charge is 2.40. The van der Waals surface area contributed by atoms with Crippen LogP contribution in [0.5, 0.6) is 0 Å². The molecule has 4 atom stereocenters. The number of piperidine rings is 2. The predicted molar refractivity (Wildman–Crippen MR) is 79.5 cm³/mol. The average molecular weight is 301 g/mol. The van der Waals surface area contributed by atoms with Gasteiger partial charge in [-0.2, -0.15) is 17.0 Å². The Kier molecular flexibility index (Phi) is 4.10. The van der Waals surface area contributed by atoms with Gasteiger partial charge in [-0.25, -0.2) is 0 Å². The van der Waals surface area contributed by atoms with E-state index < -0.39 is 10.2 Å². The number of nitrogens with one attached hydrogen (secondary N) is 1. The van der Waals surface area contributed by atoms with E-state index in [-0.39, 0.29) is 0 Å². The van der Waals surface area contributed by atoms with Gasteiger partial charge in [0.1, 0.15) is 0 Å². The summed E-state index contributed by atoms with van der Waals surface area (Å²) in [6, 6.07) is 0.542. The van der Waals surface area contributed by atoms with Crippen molar-refractivity contribution in [3.05, 3.63) is 0 Å². The van der Waals surface area contributed by atoms with Crippen LogP contribution in [-0.2, 0) is 10.2 Å². The molecule has 0 aromatic carbocycles. The highest BCUT2D eigenvalue weighted by Crippen LogP contribution is 2.30. The van der Waals surface area contributed by atoms with Gasteiger partial charge in [-0.3, -0.25) is 0 Å². The Morgan fingerprint density at radius 1 is 1.00 bits per heavy atom. The molecule has 1 N–H and O–H groups in total. The van der Waals surface area contributed by atoms with Gasteiger partial charge in [0.2, 0.25) is 0 Å². The molecule has 116 valence electrons. The van der Waals surface area contributed by atoms with Crippen molar-refractivity contribution >= 4 is 10.2 Å². The Labute approximate surface area is 122 Å². The molecule has 0 amide bonds. The molecule has 0 spiro atoms. The van der Waals surface area contributed by atoms with Crippen LogP contribution < -0.4 is 5.32 Å². The fourth-order valence-electron chi connectivity index (χ4n) is 4.18. The summed E-state index contributed by atoms with van der Waals surface area (Å²) < 4.78 is 29.2. The summed E-state index contributed by atoms with van der Waals surface area (Å²) in [5, 5.41) is 3.49. The average Bonchev–Trinajstić information content (AvgIpc) is 2.84. The van der Waals surface area contributed by atoms with Crippen LogP contribution in [0.15, 0.2) is 0 Å². The smallest absolute Gasteiger partial charge is 0.282 e. The molecule has 0 bridgehead atoms. The molecule has 5 nitrogen and oxygen atoms in total. The Morgan fingerprint density at radius 3 is 2.40 bits per heavy atom. The van der Waals surface area contributed by atoms with Crippen LogP contribution in [0.25, 0.3) is 0 Å². The second kappa shape index (κ2) is 5.55. The van der Waals surface area contributed by atoms with E-state index in [4.69, 9.17) is 0 Å². The van der Waals surface area contributed by atoms with Gasteiger partial charge in [-0.15, -0.1) is 0 Å². The van der Waals surface area contributed by atoms with E-state index >= 15 is 0 Å². The minimum atomic E-state index is -3.25. The van der Waals surface area contributed by atoms with Gasteiger partial charge in [0.25, 0.3) is 10.2 Å². The molecular weight excluding hydrogens is 274 g/mol. The molecule has 0 saturated carbocycles. The van der Waals surface area contributed by atoms with E-state index in [1.165, 1.54) is 0 Å². The fraction of sp³-hybridized carbons (Fsp3) is 1.00. The van der Waals surface area contributed by atoms with Gasteiger partial charge in [0.15, 0.2) is 0 Å². The van der Waals surface area contributed by atoms with Crippen LogP contribution in [0.3, 0.4) is 0 Å². The summed E-state index contributed by atoms with van der Waals surface area (Å²) in [6.45, 7) is 8.12. The first kappa shape index (κ1) is 14.8. The highest BCUT2D eigenvalue weighted by atomic mass is 32.2. The number of hydrogen-bond acceptors (Lipinski definition) is 3. The zero-order chi connectivity index (χ0) is 14.3. The van der Waals surface area contributed by atoms with Crippen molar-refractivity contribution in [1.29, 1.82) is 0 Å². The summed E-state index contributed by atoms with van der Waals surface area (Å²) in [4.78, 5) is 0. The van der Waals surface area contributed by atoms with Gasteiger partial charge in [-0.05, 0) is 43.6 Å². The summed E-state index contributed by atoms with van der Waals surface area (Å²) in [7, 11) is -3.25. The van der Waals surface area contributed by atoms with Crippen LogP contribution in [0.1, 0.15) is 33.1 Å². The fourth-order valence-corrected chi connectivity index (χ4v) is 6.11. The van der Waals surface area contributed by atoms with Crippen molar-refractivity contribution in [2.24, 2.45) is 17.8 Å². The molecule has 3 heterocycles. The van der Waals surface area contributed by atoms with E-state index in [0.717, 1.165) is 25.8 Å². The first-order chi connectivity index (χ1) is 9.46. The molecule has 0 aromatic heterocycles. The lowest BCUT2D eigenvalue weighted by Gasteiger charge is -2.40. The Hall–Kier alpha value is -0.170. The van der Waals surface area contributed by atoms with Gasteiger partial charge < -0.3 is 5.32 Å². The topological polar surface area (TPSA) is 52.7 Å². The molecule has 6 heteroatoms. The Bertz CT molecular complexity index is 443. The van der Waals surface area contributed by atoms with Crippen molar-refractivity contribution in [1.82, 2.24) is 13.9 Å². The normalized spacial score (nSPS) is 40.7. The molecule has 4 unspecified atom stereocenters. The van der Waals surface area contributed by atoms with Crippen LogP contribution in [0.2, 0.25) is 0 Å². The van der Waals surface area contributed by atoms with Crippen molar-refractivity contribution in [3.63, 3.8) is 0 Å². The number of hydrogen-bond donors (Lipinski definition) is 1. The maximum atomic E-state index is 12.9. The van der Waals surface area contributed by atoms with Gasteiger partial charge in [0.05, 0.1) is 0 Å². The van der Waals surface area contributed by atoms with E-state index in [1.807, 2.05) is 0 Å². The SMILES string of the molecule is CC1CC(C)CN(S(=O)(=O)N2CCC3NCCC3C2)C1. The molecule has 0 radical (unpaired) electrons. The second-order valence-corrected chi connectivity index (χ2v) is 8.96. The third-order valence-corrected chi connectivity index (χ3v) is 7.04. The maximum absolute atomic E-state index is 12.9. The highest BCUT2D eigenvalue weighted by molar-refractivity contribution is 7.86. The third kappa shape index (κ3) is 2.75. The number of fused-ring (bicyclic) bond motifs is 1. The van der Waals surface area contributed by atoms with Crippen LogP contribution in [0, 0.1) is 17.8 Å². The summed E-state index contributed by atoms with van der Waals surface area (Å²) in [5.41, 5.74) is 0. The van der Waals surface area contributed by atoms with Crippen molar-refractivity contribution < 1.29 is 8.42 Å². The van der Waals surface area contributed by atoms with Gasteiger partial charge in [0, 0.05) is 32.2 Å². The molecular formula is C14H27N3O2S. The summed E-state index contributed by atoms with van der Waals surface area (Å²) in [6.07, 6.45) is 3.22. The summed E-state index contributed by atoms with van der Waals surface area (Å²) in [5.74, 6) is 1.46. The monoisotopic (exact) mass is 301 g/mol. The predicted octanol–water partition coefficient (Wildman–Crippen LogP) is 0.893. The number of nitrogens with zero attached hydrogens (tertiary/aromatic N) is 2. The van der Waals surface area contributed by atoms with Crippen LogP contribution in [0.4, 0.5) is 0 Å². The number of rotatable bonds is 2. The molecule has 3 fully saturated rings. The minimum absolute atomic E-state index is 0.471. The standard InChI is InChI=1S/C14H27N3O2S/c1-11-7-12(2)9-17(8-11)20(18,19)16-6-4-14-13(10-16)3-5-15-14/h11-15H,3-10H2,1-2H3. The van der Waals surface area contributed by atoms with E-state index in [9.17, 15) is 8.42 Å². The van der Waals surface area contributed by atoms with Crippen LogP contribution in [-0.4, -0.2) is 55.8 Å². The lowest BCUT2D eigenvalue weighted by molar-refractivity contribution is 0.189. The Morgan fingerprint density at radius 2 is 1.70 bits per heavy atom. The lowest BCUT2D eigenvalue weighted by Crippen LogP contribution is -2.54. The molecule has 3 rings (SSSR count). The van der Waals surface area contributed by atoms with Crippen molar-refractivity contribution in [3.8, 4) is 0 Å². The third-order valence-electron chi connectivity index (χ3n) is 5.11. The first-order valence-electron chi connectivity index (χ1n) is 7.95. The summed E-state index contributed by atoms with van der Waals surface area (Å²) >= 11 is 0. The first-order valence-corrected chi connectivity index (χ1v) is 9.35. The largest absolute Gasteiger partial charge is 0.314 e. The van der Waals surface area contributed by atoms with Crippen LogP contribution >= 0.6 is 0 Å². The zero-order valence-corrected chi connectivity index (χ0v) is 13.4. The second-order valence-electron chi connectivity index (χ2n) is 7.03. The van der Waals surface area contributed by atoms with E-state index in [1.54, 1.807) is 8.61 Å². The molecule has 20 heavy (non-hydrogen) atoms. The molecule has 3 aliphatic rings. The van der Waals surface area contributed by atoms with Gasteiger partial charge >= 0.3 is 0 Å². The van der Waals surface area contributed by atoms with E-state index in [2.05, 4.69) is 19.2 Å². The van der Waals surface area contributed by atoms with Crippen molar-refractivity contribution in [2.75, 3.05) is 32.7 Å². The Balaban J connectivity index is 1.71. The molecule has 0 aliphatic carbocycles. The molecule has 3 aliphatic heterocycles. The quantitative estimate of drug-likeness (QED) is 0.824. The molecule has 0 aromatic rings. The minimum Gasteiger partial charge on any atom is -0.314 e.